The average molecular weight is 293 g/mol. The Labute approximate surface area is 125 Å². The van der Waals surface area contributed by atoms with E-state index in [1.165, 1.54) is 18.2 Å². The Balaban J connectivity index is 2.09. The number of fused-ring (bicyclic) bond motifs is 1. The van der Waals surface area contributed by atoms with Crippen molar-refractivity contribution in [2.45, 2.75) is 0 Å². The Morgan fingerprint density at radius 3 is 2.41 bits per heavy atom. The van der Waals surface area contributed by atoms with Gasteiger partial charge in [0.05, 0.1) is 10.6 Å². The number of para-hydroxylation sites is 1. The summed E-state index contributed by atoms with van der Waals surface area (Å²) in [6.45, 7) is 0. The number of phenolic OH excluding ortho intramolecular Hbond substituents is 1. The molecule has 1 N–H and O–H groups in total. The third kappa shape index (κ3) is 2.62. The van der Waals surface area contributed by atoms with Gasteiger partial charge < -0.3 is 5.11 Å². The Bertz CT molecular complexity index is 891. The van der Waals surface area contributed by atoms with Crippen molar-refractivity contribution in [3.05, 3.63) is 70.8 Å². The number of hydrogen-bond acceptors (Lipinski definition) is 5. The van der Waals surface area contributed by atoms with Gasteiger partial charge in [0, 0.05) is 17.5 Å². The van der Waals surface area contributed by atoms with Gasteiger partial charge >= 0.3 is 0 Å². The van der Waals surface area contributed by atoms with Crippen LogP contribution >= 0.6 is 0 Å². The van der Waals surface area contributed by atoms with E-state index in [2.05, 4.69) is 10.2 Å². The van der Waals surface area contributed by atoms with Gasteiger partial charge in [-0.15, -0.1) is 10.2 Å². The largest absolute Gasteiger partial charge is 0.508 e. The molecular formula is C16H11N3O3. The molecular weight excluding hydrogens is 282 g/mol. The van der Waals surface area contributed by atoms with E-state index in [9.17, 15) is 15.2 Å². The van der Waals surface area contributed by atoms with E-state index in [1.807, 2.05) is 24.3 Å². The van der Waals surface area contributed by atoms with Gasteiger partial charge in [-0.05, 0) is 17.5 Å². The van der Waals surface area contributed by atoms with Gasteiger partial charge in [0.25, 0.3) is 5.69 Å². The standard InChI is InChI=1S/C16H11N3O3/c20-12-9-11-5-1-2-6-13(11)15(10-12)18-17-14-7-3-4-8-16(14)19(21)22/h1-10,20H. The topological polar surface area (TPSA) is 88.1 Å². The zero-order valence-corrected chi connectivity index (χ0v) is 11.4. The van der Waals surface area contributed by atoms with Gasteiger partial charge in [-0.3, -0.25) is 10.1 Å². The summed E-state index contributed by atoms with van der Waals surface area (Å²) in [5, 5.41) is 30.4. The molecule has 0 aliphatic rings. The summed E-state index contributed by atoms with van der Waals surface area (Å²) < 4.78 is 0. The van der Waals surface area contributed by atoms with Crippen LogP contribution in [0.25, 0.3) is 10.8 Å². The van der Waals surface area contributed by atoms with Crippen molar-refractivity contribution in [1.29, 1.82) is 0 Å². The number of phenols is 1. The molecule has 0 radical (unpaired) electrons. The second-order valence-electron chi connectivity index (χ2n) is 4.63. The van der Waals surface area contributed by atoms with Crippen LogP contribution in [-0.2, 0) is 0 Å². The zero-order valence-electron chi connectivity index (χ0n) is 11.4. The van der Waals surface area contributed by atoms with Gasteiger partial charge in [0.15, 0.2) is 5.69 Å². The third-order valence-corrected chi connectivity index (χ3v) is 3.17. The molecule has 3 rings (SSSR count). The molecule has 3 aromatic carbocycles. The van der Waals surface area contributed by atoms with Gasteiger partial charge in [-0.1, -0.05) is 36.4 Å². The summed E-state index contributed by atoms with van der Waals surface area (Å²) in [4.78, 5) is 10.5. The molecule has 0 fully saturated rings. The number of aromatic hydroxyl groups is 1. The molecule has 0 heterocycles. The maximum Gasteiger partial charge on any atom is 0.296 e. The summed E-state index contributed by atoms with van der Waals surface area (Å²) in [7, 11) is 0. The van der Waals surface area contributed by atoms with Crippen molar-refractivity contribution >= 4 is 27.8 Å². The fourth-order valence-corrected chi connectivity index (χ4v) is 2.17. The van der Waals surface area contributed by atoms with Crippen LogP contribution in [-0.4, -0.2) is 10.0 Å². The molecule has 22 heavy (non-hydrogen) atoms. The molecule has 0 aliphatic carbocycles. The molecule has 0 unspecified atom stereocenters. The summed E-state index contributed by atoms with van der Waals surface area (Å²) in [5.41, 5.74) is 0.504. The molecule has 108 valence electrons. The smallest absolute Gasteiger partial charge is 0.296 e. The van der Waals surface area contributed by atoms with Crippen LogP contribution in [0.2, 0.25) is 0 Å². The Morgan fingerprint density at radius 2 is 1.59 bits per heavy atom. The van der Waals surface area contributed by atoms with Gasteiger partial charge in [-0.25, -0.2) is 0 Å². The number of nitrogens with zero attached hydrogens (tertiary/aromatic N) is 3. The first-order chi connectivity index (χ1) is 10.6. The van der Waals surface area contributed by atoms with E-state index in [4.69, 9.17) is 0 Å². The molecule has 0 aliphatic heterocycles. The van der Waals surface area contributed by atoms with Crippen LogP contribution in [0.5, 0.6) is 5.75 Å². The lowest BCUT2D eigenvalue weighted by molar-refractivity contribution is -0.384. The molecule has 0 saturated carbocycles. The highest BCUT2D eigenvalue weighted by molar-refractivity contribution is 5.93. The van der Waals surface area contributed by atoms with Gasteiger partial charge in [0.2, 0.25) is 0 Å². The lowest BCUT2D eigenvalue weighted by Crippen LogP contribution is -1.87. The summed E-state index contributed by atoms with van der Waals surface area (Å²) in [5.74, 6) is 0.0650. The maximum absolute atomic E-state index is 11.0. The molecule has 6 heteroatoms. The first-order valence-corrected chi connectivity index (χ1v) is 6.52. The molecule has 6 nitrogen and oxygen atoms in total. The molecule has 0 bridgehead atoms. The van der Waals surface area contributed by atoms with Crippen molar-refractivity contribution in [3.8, 4) is 5.75 Å². The highest BCUT2D eigenvalue weighted by Gasteiger charge is 2.11. The fourth-order valence-electron chi connectivity index (χ4n) is 2.17. The number of azo groups is 1. The summed E-state index contributed by atoms with van der Waals surface area (Å²) >= 11 is 0. The average Bonchev–Trinajstić information content (AvgIpc) is 2.52. The molecule has 3 aromatic rings. The van der Waals surface area contributed by atoms with Crippen molar-refractivity contribution in [2.24, 2.45) is 10.2 Å². The summed E-state index contributed by atoms with van der Waals surface area (Å²) in [6, 6.07) is 16.6. The van der Waals surface area contributed by atoms with Crippen LogP contribution < -0.4 is 0 Å². The molecule has 0 atom stereocenters. The predicted octanol–water partition coefficient (Wildman–Crippen LogP) is 4.87. The second kappa shape index (κ2) is 5.61. The molecule has 0 spiro atoms. The van der Waals surface area contributed by atoms with Crippen LogP contribution in [0.1, 0.15) is 0 Å². The van der Waals surface area contributed by atoms with Crippen LogP contribution in [0.15, 0.2) is 70.9 Å². The summed E-state index contributed by atoms with van der Waals surface area (Å²) in [6.07, 6.45) is 0. The van der Waals surface area contributed by atoms with Crippen LogP contribution in [0, 0.1) is 10.1 Å². The SMILES string of the molecule is O=[N+]([O-])c1ccccc1N=Nc1cc(O)cc2ccccc12. The zero-order chi connectivity index (χ0) is 15.5. The van der Waals surface area contributed by atoms with E-state index in [1.54, 1.807) is 18.2 Å². The quantitative estimate of drug-likeness (QED) is 0.424. The lowest BCUT2D eigenvalue weighted by atomic mass is 10.1. The van der Waals surface area contributed by atoms with E-state index in [-0.39, 0.29) is 17.1 Å². The van der Waals surface area contributed by atoms with E-state index in [0.717, 1.165) is 10.8 Å². The van der Waals surface area contributed by atoms with Gasteiger partial charge in [0.1, 0.15) is 5.75 Å². The van der Waals surface area contributed by atoms with E-state index < -0.39 is 4.92 Å². The minimum atomic E-state index is -0.505. The minimum absolute atomic E-state index is 0.0650. The van der Waals surface area contributed by atoms with E-state index in [0.29, 0.717) is 5.69 Å². The number of nitro groups is 1. The molecule has 0 saturated heterocycles. The number of nitro benzene ring substituents is 1. The van der Waals surface area contributed by atoms with Crippen molar-refractivity contribution in [2.75, 3.05) is 0 Å². The molecule has 0 aromatic heterocycles. The number of hydrogen-bond donors (Lipinski definition) is 1. The number of benzene rings is 3. The Hall–Kier alpha value is -3.28. The van der Waals surface area contributed by atoms with Crippen LogP contribution in [0.4, 0.5) is 17.1 Å². The minimum Gasteiger partial charge on any atom is -0.508 e. The molecule has 0 amide bonds. The number of rotatable bonds is 3. The third-order valence-electron chi connectivity index (χ3n) is 3.17. The monoisotopic (exact) mass is 293 g/mol. The Kier molecular flexibility index (Phi) is 3.49. The normalized spacial score (nSPS) is 11.1. The highest BCUT2D eigenvalue weighted by atomic mass is 16.6. The van der Waals surface area contributed by atoms with Crippen LogP contribution in [0.3, 0.4) is 0 Å². The van der Waals surface area contributed by atoms with Gasteiger partial charge in [-0.2, -0.15) is 0 Å². The maximum atomic E-state index is 11.0. The highest BCUT2D eigenvalue weighted by Crippen LogP contribution is 2.33. The fraction of sp³-hybridized carbons (Fsp3) is 0. The van der Waals surface area contributed by atoms with Crippen molar-refractivity contribution in [1.82, 2.24) is 0 Å². The van der Waals surface area contributed by atoms with E-state index >= 15 is 0 Å². The first-order valence-electron chi connectivity index (χ1n) is 6.52. The predicted molar refractivity (Wildman–Crippen MR) is 82.9 cm³/mol. The van der Waals surface area contributed by atoms with Crippen molar-refractivity contribution in [3.63, 3.8) is 0 Å². The second-order valence-corrected chi connectivity index (χ2v) is 4.63. The lowest BCUT2D eigenvalue weighted by Gasteiger charge is -2.02. The van der Waals surface area contributed by atoms with Crippen molar-refractivity contribution < 1.29 is 10.0 Å². The Morgan fingerprint density at radius 1 is 0.909 bits per heavy atom. The first kappa shape index (κ1) is 13.7.